The van der Waals surface area contributed by atoms with E-state index >= 15 is 0 Å². The highest BCUT2D eigenvalue weighted by Crippen LogP contribution is 2.23. The molecule has 5 nitrogen and oxygen atoms in total. The number of benzene rings is 1. The quantitative estimate of drug-likeness (QED) is 0.754. The molecule has 2 heterocycles. The number of nitrogens with one attached hydrogen (secondary N) is 1. The second-order valence-electron chi connectivity index (χ2n) is 5.42. The van der Waals surface area contributed by atoms with Gasteiger partial charge in [-0.3, -0.25) is 4.98 Å². The van der Waals surface area contributed by atoms with E-state index < -0.39 is 9.84 Å². The van der Waals surface area contributed by atoms with Crippen molar-refractivity contribution in [2.75, 3.05) is 11.6 Å². The Hall–Kier alpha value is -2.25. The lowest BCUT2D eigenvalue weighted by Gasteiger charge is -2.09. The van der Waals surface area contributed by atoms with Crippen LogP contribution in [0.4, 0.5) is 5.82 Å². The summed E-state index contributed by atoms with van der Waals surface area (Å²) in [6.07, 6.45) is 2.90. The number of hydrogen-bond donors (Lipinski definition) is 1. The van der Waals surface area contributed by atoms with E-state index in [0.29, 0.717) is 17.3 Å². The van der Waals surface area contributed by atoms with Gasteiger partial charge >= 0.3 is 0 Å². The molecule has 3 aromatic rings. The fourth-order valence-electron chi connectivity index (χ4n) is 2.26. The fourth-order valence-corrected chi connectivity index (χ4v) is 3.53. The molecule has 24 heavy (non-hydrogen) atoms. The Kier molecular flexibility index (Phi) is 4.64. The zero-order chi connectivity index (χ0) is 17.2. The molecule has 0 amide bonds. The first kappa shape index (κ1) is 16.6. The molecular formula is C17H17N3O2S2. The highest BCUT2D eigenvalue weighted by atomic mass is 32.2. The number of rotatable bonds is 5. The van der Waals surface area contributed by atoms with Gasteiger partial charge < -0.3 is 5.32 Å². The van der Waals surface area contributed by atoms with E-state index in [2.05, 4.69) is 21.4 Å². The molecule has 0 aliphatic carbocycles. The Labute approximate surface area is 145 Å². The lowest BCUT2D eigenvalue weighted by Crippen LogP contribution is -2.03. The van der Waals surface area contributed by atoms with E-state index in [1.807, 2.05) is 18.4 Å². The molecule has 0 radical (unpaired) electrons. The standard InChI is InChI=1S/C17H17N3O2S2/c1-12-17(13-5-7-15(8-6-13)24(2,21)22)20-16(11-18-12)19-10-14-4-3-9-23-14/h3-9,11H,10H2,1-2H3,(H,19,20). The summed E-state index contributed by atoms with van der Waals surface area (Å²) in [5.41, 5.74) is 2.38. The highest BCUT2D eigenvalue weighted by molar-refractivity contribution is 7.90. The zero-order valence-corrected chi connectivity index (χ0v) is 15.0. The highest BCUT2D eigenvalue weighted by Gasteiger charge is 2.10. The van der Waals surface area contributed by atoms with Crippen LogP contribution in [0.2, 0.25) is 0 Å². The first-order valence-electron chi connectivity index (χ1n) is 7.34. The van der Waals surface area contributed by atoms with Gasteiger partial charge in [0, 0.05) is 16.7 Å². The number of nitrogens with zero attached hydrogens (tertiary/aromatic N) is 2. The molecule has 0 fully saturated rings. The molecule has 1 aromatic carbocycles. The maximum absolute atomic E-state index is 11.6. The van der Waals surface area contributed by atoms with Gasteiger partial charge in [0.2, 0.25) is 0 Å². The molecule has 1 N–H and O–H groups in total. The lowest BCUT2D eigenvalue weighted by molar-refractivity contribution is 0.602. The average Bonchev–Trinajstić information content (AvgIpc) is 3.07. The molecule has 0 saturated heterocycles. The molecule has 124 valence electrons. The van der Waals surface area contributed by atoms with Crippen molar-refractivity contribution in [1.29, 1.82) is 0 Å². The van der Waals surface area contributed by atoms with Crippen molar-refractivity contribution in [3.63, 3.8) is 0 Å². The Morgan fingerprint density at radius 2 is 1.92 bits per heavy atom. The van der Waals surface area contributed by atoms with E-state index in [-0.39, 0.29) is 0 Å². The van der Waals surface area contributed by atoms with Gasteiger partial charge in [-0.15, -0.1) is 11.3 Å². The molecule has 0 spiro atoms. The van der Waals surface area contributed by atoms with Crippen LogP contribution in [0.15, 0.2) is 52.9 Å². The second-order valence-corrected chi connectivity index (χ2v) is 8.47. The van der Waals surface area contributed by atoms with Gasteiger partial charge in [-0.2, -0.15) is 0 Å². The van der Waals surface area contributed by atoms with E-state index in [1.54, 1.807) is 41.8 Å². The van der Waals surface area contributed by atoms with Gasteiger partial charge in [-0.1, -0.05) is 18.2 Å². The second kappa shape index (κ2) is 6.70. The molecule has 0 atom stereocenters. The van der Waals surface area contributed by atoms with Crippen LogP contribution < -0.4 is 5.32 Å². The van der Waals surface area contributed by atoms with E-state index in [1.165, 1.54) is 11.1 Å². The summed E-state index contributed by atoms with van der Waals surface area (Å²) in [5.74, 6) is 0.691. The van der Waals surface area contributed by atoms with Crippen LogP contribution in [0, 0.1) is 6.92 Å². The van der Waals surface area contributed by atoms with E-state index in [9.17, 15) is 8.42 Å². The monoisotopic (exact) mass is 359 g/mol. The molecule has 0 saturated carbocycles. The summed E-state index contributed by atoms with van der Waals surface area (Å²) in [6.45, 7) is 2.58. The Bertz CT molecular complexity index is 934. The lowest BCUT2D eigenvalue weighted by atomic mass is 10.1. The third kappa shape index (κ3) is 3.80. The average molecular weight is 359 g/mol. The van der Waals surface area contributed by atoms with Crippen molar-refractivity contribution in [2.45, 2.75) is 18.4 Å². The van der Waals surface area contributed by atoms with E-state index in [4.69, 9.17) is 0 Å². The number of thiophene rings is 1. The molecule has 0 unspecified atom stereocenters. The first-order valence-corrected chi connectivity index (χ1v) is 10.1. The van der Waals surface area contributed by atoms with Gasteiger partial charge in [0.25, 0.3) is 0 Å². The van der Waals surface area contributed by atoms with Crippen LogP contribution in [0.5, 0.6) is 0 Å². The largest absolute Gasteiger partial charge is 0.364 e. The van der Waals surface area contributed by atoms with Crippen molar-refractivity contribution in [2.24, 2.45) is 0 Å². The summed E-state index contributed by atoms with van der Waals surface area (Å²) < 4.78 is 23.1. The number of sulfone groups is 1. The number of anilines is 1. The maximum Gasteiger partial charge on any atom is 0.175 e. The van der Waals surface area contributed by atoms with Crippen LogP contribution >= 0.6 is 11.3 Å². The van der Waals surface area contributed by atoms with Crippen molar-refractivity contribution in [1.82, 2.24) is 9.97 Å². The van der Waals surface area contributed by atoms with E-state index in [0.717, 1.165) is 17.0 Å². The Morgan fingerprint density at radius 3 is 2.54 bits per heavy atom. The summed E-state index contributed by atoms with van der Waals surface area (Å²) >= 11 is 1.68. The Morgan fingerprint density at radius 1 is 1.17 bits per heavy atom. The van der Waals surface area contributed by atoms with Crippen LogP contribution in [-0.2, 0) is 16.4 Å². The summed E-state index contributed by atoms with van der Waals surface area (Å²) in [5, 5.41) is 5.30. The summed E-state index contributed by atoms with van der Waals surface area (Å²) in [4.78, 5) is 10.5. The number of aryl methyl sites for hydroxylation is 1. The van der Waals surface area contributed by atoms with Gasteiger partial charge in [0.15, 0.2) is 9.84 Å². The van der Waals surface area contributed by atoms with Crippen LogP contribution in [0.3, 0.4) is 0 Å². The molecule has 3 rings (SSSR count). The van der Waals surface area contributed by atoms with Crippen LogP contribution in [-0.4, -0.2) is 24.6 Å². The minimum atomic E-state index is -3.20. The minimum absolute atomic E-state index is 0.295. The predicted molar refractivity (Wildman–Crippen MR) is 97.0 cm³/mol. The van der Waals surface area contributed by atoms with Gasteiger partial charge in [-0.05, 0) is 30.5 Å². The van der Waals surface area contributed by atoms with Gasteiger partial charge in [0.05, 0.1) is 29.0 Å². The zero-order valence-electron chi connectivity index (χ0n) is 13.4. The minimum Gasteiger partial charge on any atom is -0.364 e. The normalized spacial score (nSPS) is 11.4. The molecular weight excluding hydrogens is 342 g/mol. The number of hydrogen-bond acceptors (Lipinski definition) is 6. The molecule has 0 aliphatic rings. The number of aromatic nitrogens is 2. The van der Waals surface area contributed by atoms with Crippen LogP contribution in [0.25, 0.3) is 11.3 Å². The molecule has 0 aliphatic heterocycles. The van der Waals surface area contributed by atoms with Crippen molar-refractivity contribution < 1.29 is 8.42 Å². The summed E-state index contributed by atoms with van der Waals surface area (Å²) in [6, 6.07) is 10.8. The Balaban J connectivity index is 1.86. The topological polar surface area (TPSA) is 72.0 Å². The smallest absolute Gasteiger partial charge is 0.175 e. The molecule has 7 heteroatoms. The van der Waals surface area contributed by atoms with Gasteiger partial charge in [-0.25, -0.2) is 13.4 Å². The molecule has 2 aromatic heterocycles. The SMILES string of the molecule is Cc1ncc(NCc2cccs2)nc1-c1ccc(S(C)(=O)=O)cc1. The third-order valence-corrected chi connectivity index (χ3v) is 5.54. The predicted octanol–water partition coefficient (Wildman–Crippen LogP) is 3.53. The van der Waals surface area contributed by atoms with Gasteiger partial charge in [0.1, 0.15) is 5.82 Å². The fraction of sp³-hybridized carbons (Fsp3) is 0.176. The van der Waals surface area contributed by atoms with Crippen LogP contribution in [0.1, 0.15) is 10.6 Å². The van der Waals surface area contributed by atoms with Crippen molar-refractivity contribution in [3.05, 3.63) is 58.5 Å². The molecule has 0 bridgehead atoms. The summed E-state index contributed by atoms with van der Waals surface area (Å²) in [7, 11) is -3.20. The van der Waals surface area contributed by atoms with Crippen molar-refractivity contribution >= 4 is 27.0 Å². The third-order valence-electron chi connectivity index (χ3n) is 3.54. The maximum atomic E-state index is 11.6. The first-order chi connectivity index (χ1) is 11.4. The van der Waals surface area contributed by atoms with Crippen molar-refractivity contribution in [3.8, 4) is 11.3 Å².